The number of hydrogen-bond donors (Lipinski definition) is 2. The van der Waals surface area contributed by atoms with Crippen LogP contribution in [0.2, 0.25) is 0 Å². The third-order valence-corrected chi connectivity index (χ3v) is 6.61. The van der Waals surface area contributed by atoms with Crippen molar-refractivity contribution in [1.29, 1.82) is 0 Å². The number of aryl methyl sites for hydroxylation is 1. The normalized spacial score (nSPS) is 15.2. The molecule has 1 aliphatic rings. The number of rotatable bonds is 7. The van der Waals surface area contributed by atoms with Crippen LogP contribution in [0.25, 0.3) is 0 Å². The Labute approximate surface area is 191 Å². The Balaban J connectivity index is 1.45. The highest BCUT2D eigenvalue weighted by atomic mass is 32.2. The van der Waals surface area contributed by atoms with Gasteiger partial charge >= 0.3 is 0 Å². The second-order valence-electron chi connectivity index (χ2n) is 7.50. The fourth-order valence-corrected chi connectivity index (χ4v) is 4.49. The molecule has 0 fully saturated rings. The molecule has 33 heavy (non-hydrogen) atoms. The van der Waals surface area contributed by atoms with Crippen molar-refractivity contribution in [2.75, 3.05) is 18.5 Å². The van der Waals surface area contributed by atoms with Gasteiger partial charge in [0.1, 0.15) is 23.4 Å². The molecule has 0 saturated carbocycles. The topological polar surface area (TPSA) is 93.7 Å². The summed E-state index contributed by atoms with van der Waals surface area (Å²) in [5, 5.41) is 2.69. The molecular formula is C24H23FN2O5S. The van der Waals surface area contributed by atoms with Crippen LogP contribution in [0.1, 0.15) is 22.8 Å². The number of fused-ring (bicyclic) bond motifs is 1. The molecule has 9 heteroatoms. The predicted octanol–water partition coefficient (Wildman–Crippen LogP) is 3.76. The molecule has 0 aliphatic carbocycles. The SMILES string of the molecule is CCc1ccc(NC(=O)c2ccc(F)c(S(=O)(=O)NC[C@@H]3COc4ccccc4O3)c2)cc1. The number of ether oxygens (including phenoxy) is 2. The van der Waals surface area contributed by atoms with Crippen molar-refractivity contribution in [2.24, 2.45) is 0 Å². The van der Waals surface area contributed by atoms with Crippen molar-refractivity contribution in [2.45, 2.75) is 24.3 Å². The van der Waals surface area contributed by atoms with Crippen LogP contribution in [0.3, 0.4) is 0 Å². The first-order valence-electron chi connectivity index (χ1n) is 10.4. The van der Waals surface area contributed by atoms with Gasteiger partial charge in [0.2, 0.25) is 10.0 Å². The van der Waals surface area contributed by atoms with Gasteiger partial charge in [-0.25, -0.2) is 17.5 Å². The fourth-order valence-electron chi connectivity index (χ4n) is 3.32. The molecule has 2 N–H and O–H groups in total. The molecule has 0 bridgehead atoms. The van der Waals surface area contributed by atoms with E-state index in [0.717, 1.165) is 24.1 Å². The number of halogens is 1. The first-order chi connectivity index (χ1) is 15.9. The van der Waals surface area contributed by atoms with Gasteiger partial charge in [-0.15, -0.1) is 0 Å². The third-order valence-electron chi connectivity index (χ3n) is 5.17. The number of hydrogen-bond acceptors (Lipinski definition) is 5. The van der Waals surface area contributed by atoms with Crippen LogP contribution in [0.4, 0.5) is 10.1 Å². The minimum Gasteiger partial charge on any atom is -0.486 e. The van der Waals surface area contributed by atoms with E-state index in [0.29, 0.717) is 17.2 Å². The Bertz CT molecular complexity index is 1260. The molecule has 3 aromatic carbocycles. The largest absolute Gasteiger partial charge is 0.486 e. The molecule has 172 valence electrons. The highest BCUT2D eigenvalue weighted by Crippen LogP contribution is 2.30. The maximum Gasteiger partial charge on any atom is 0.255 e. The maximum atomic E-state index is 14.4. The van der Waals surface area contributed by atoms with Crippen molar-refractivity contribution in [3.63, 3.8) is 0 Å². The van der Waals surface area contributed by atoms with Gasteiger partial charge < -0.3 is 14.8 Å². The fraction of sp³-hybridized carbons (Fsp3) is 0.208. The summed E-state index contributed by atoms with van der Waals surface area (Å²) in [6, 6.07) is 17.5. The first kappa shape index (κ1) is 22.8. The van der Waals surface area contributed by atoms with E-state index in [2.05, 4.69) is 10.0 Å². The van der Waals surface area contributed by atoms with Crippen molar-refractivity contribution in [3.8, 4) is 11.5 Å². The number of anilines is 1. The summed E-state index contributed by atoms with van der Waals surface area (Å²) in [5.41, 5.74) is 1.69. The number of nitrogens with one attached hydrogen (secondary N) is 2. The second-order valence-corrected chi connectivity index (χ2v) is 9.23. The van der Waals surface area contributed by atoms with E-state index >= 15 is 0 Å². The quantitative estimate of drug-likeness (QED) is 0.549. The molecule has 0 radical (unpaired) electrons. The molecule has 1 heterocycles. The molecule has 1 aliphatic heterocycles. The number of sulfonamides is 1. The first-order valence-corrected chi connectivity index (χ1v) is 11.9. The van der Waals surface area contributed by atoms with E-state index in [1.165, 1.54) is 6.07 Å². The lowest BCUT2D eigenvalue weighted by Crippen LogP contribution is -2.40. The average molecular weight is 471 g/mol. The van der Waals surface area contributed by atoms with Crippen LogP contribution in [-0.2, 0) is 16.4 Å². The molecule has 0 unspecified atom stereocenters. The van der Waals surface area contributed by atoms with Gasteiger partial charge in [0.15, 0.2) is 11.5 Å². The second kappa shape index (κ2) is 9.60. The molecule has 1 amide bonds. The number of carbonyl (C=O) groups is 1. The zero-order valence-corrected chi connectivity index (χ0v) is 18.7. The average Bonchev–Trinajstić information content (AvgIpc) is 2.83. The zero-order valence-electron chi connectivity index (χ0n) is 17.9. The molecule has 0 saturated heterocycles. The van der Waals surface area contributed by atoms with Crippen LogP contribution in [-0.4, -0.2) is 33.6 Å². The van der Waals surface area contributed by atoms with E-state index in [1.807, 2.05) is 19.1 Å². The van der Waals surface area contributed by atoms with E-state index < -0.39 is 32.7 Å². The molecule has 7 nitrogen and oxygen atoms in total. The van der Waals surface area contributed by atoms with Crippen LogP contribution < -0.4 is 19.5 Å². The molecule has 4 rings (SSSR count). The number of amides is 1. The van der Waals surface area contributed by atoms with Crippen molar-refractivity contribution >= 4 is 21.6 Å². The highest BCUT2D eigenvalue weighted by Gasteiger charge is 2.26. The molecular weight excluding hydrogens is 447 g/mol. The van der Waals surface area contributed by atoms with E-state index in [4.69, 9.17) is 9.47 Å². The monoisotopic (exact) mass is 470 g/mol. The Morgan fingerprint density at radius 2 is 1.79 bits per heavy atom. The zero-order chi connectivity index (χ0) is 23.4. The third kappa shape index (κ3) is 5.32. The molecule has 0 spiro atoms. The van der Waals surface area contributed by atoms with Crippen LogP contribution >= 0.6 is 0 Å². The molecule has 3 aromatic rings. The van der Waals surface area contributed by atoms with Crippen LogP contribution in [0, 0.1) is 5.82 Å². The summed E-state index contributed by atoms with van der Waals surface area (Å²) in [7, 11) is -4.25. The van der Waals surface area contributed by atoms with Crippen molar-refractivity contribution in [1.82, 2.24) is 4.72 Å². The Morgan fingerprint density at radius 1 is 1.06 bits per heavy atom. The standard InChI is InChI=1S/C24H23FN2O5S/c1-2-16-7-10-18(11-8-16)27-24(28)17-9-12-20(25)23(13-17)33(29,30)26-14-19-15-31-21-5-3-4-6-22(21)32-19/h3-13,19,26H,2,14-15H2,1H3,(H,27,28)/t19-/m1/s1. The highest BCUT2D eigenvalue weighted by molar-refractivity contribution is 7.89. The maximum absolute atomic E-state index is 14.4. The number of carbonyl (C=O) groups excluding carboxylic acids is 1. The van der Waals surface area contributed by atoms with E-state index in [9.17, 15) is 17.6 Å². The summed E-state index contributed by atoms with van der Waals surface area (Å²) in [5.74, 6) is -0.427. The predicted molar refractivity (Wildman–Crippen MR) is 122 cm³/mol. The lowest BCUT2D eigenvalue weighted by atomic mass is 10.1. The minimum absolute atomic E-state index is 0.0162. The van der Waals surface area contributed by atoms with Gasteiger partial charge in [-0.05, 0) is 54.4 Å². The van der Waals surface area contributed by atoms with Gasteiger partial charge in [-0.1, -0.05) is 31.2 Å². The van der Waals surface area contributed by atoms with Gasteiger partial charge in [-0.3, -0.25) is 4.79 Å². The summed E-state index contributed by atoms with van der Waals surface area (Å²) in [4.78, 5) is 12.0. The van der Waals surface area contributed by atoms with Gasteiger partial charge in [0.05, 0.1) is 6.54 Å². The summed E-state index contributed by atoms with van der Waals surface area (Å²) in [6.45, 7) is 2.03. The Hall–Kier alpha value is -3.43. The van der Waals surface area contributed by atoms with Crippen molar-refractivity contribution < 1.29 is 27.1 Å². The Morgan fingerprint density at radius 3 is 2.52 bits per heavy atom. The number of benzene rings is 3. The van der Waals surface area contributed by atoms with E-state index in [1.54, 1.807) is 36.4 Å². The van der Waals surface area contributed by atoms with Gasteiger partial charge in [0, 0.05) is 11.3 Å². The lowest BCUT2D eigenvalue weighted by molar-refractivity contribution is 0.0943. The molecule has 0 aromatic heterocycles. The summed E-state index contributed by atoms with van der Waals surface area (Å²) >= 11 is 0. The van der Waals surface area contributed by atoms with E-state index in [-0.39, 0.29) is 18.7 Å². The Kier molecular flexibility index (Phi) is 6.62. The summed E-state index contributed by atoms with van der Waals surface area (Å²) in [6.07, 6.45) is 0.278. The van der Waals surface area contributed by atoms with Crippen molar-refractivity contribution in [3.05, 3.63) is 83.7 Å². The van der Waals surface area contributed by atoms with Crippen LogP contribution in [0.5, 0.6) is 11.5 Å². The summed E-state index contributed by atoms with van der Waals surface area (Å²) < 4.78 is 53.6. The number of para-hydroxylation sites is 2. The lowest BCUT2D eigenvalue weighted by Gasteiger charge is -2.26. The smallest absolute Gasteiger partial charge is 0.255 e. The van der Waals surface area contributed by atoms with Gasteiger partial charge in [-0.2, -0.15) is 0 Å². The van der Waals surface area contributed by atoms with Gasteiger partial charge in [0.25, 0.3) is 5.91 Å². The minimum atomic E-state index is -4.25. The molecule has 1 atom stereocenters. The van der Waals surface area contributed by atoms with Crippen LogP contribution in [0.15, 0.2) is 71.6 Å².